The lowest BCUT2D eigenvalue weighted by molar-refractivity contribution is -0.131. The minimum Gasteiger partial charge on any atom is -0.441 e. The van der Waals surface area contributed by atoms with Gasteiger partial charge in [-0.3, -0.25) is 4.79 Å². The van der Waals surface area contributed by atoms with E-state index in [9.17, 15) is 9.59 Å². The van der Waals surface area contributed by atoms with Crippen molar-refractivity contribution < 1.29 is 14.3 Å². The van der Waals surface area contributed by atoms with Crippen LogP contribution in [0.15, 0.2) is 30.6 Å². The van der Waals surface area contributed by atoms with Gasteiger partial charge in [0.2, 0.25) is 5.91 Å². The van der Waals surface area contributed by atoms with Crippen LogP contribution >= 0.6 is 0 Å². The highest BCUT2D eigenvalue weighted by Gasteiger charge is 2.41. The highest BCUT2D eigenvalue weighted by atomic mass is 16.6. The minimum atomic E-state index is -0.423. The summed E-state index contributed by atoms with van der Waals surface area (Å²) in [6.45, 7) is 1.91. The summed E-state index contributed by atoms with van der Waals surface area (Å²) < 4.78 is 7.43. The number of aryl methyl sites for hydroxylation is 1. The number of carbonyl (C=O) groups is 2. The van der Waals surface area contributed by atoms with Crippen molar-refractivity contribution in [1.82, 2.24) is 19.6 Å². The van der Waals surface area contributed by atoms with Crippen molar-refractivity contribution in [2.24, 2.45) is 0 Å². The number of hydrogen-bond donors (Lipinski definition) is 1. The van der Waals surface area contributed by atoms with E-state index in [4.69, 9.17) is 4.74 Å². The fraction of sp³-hybridized carbons (Fsp3) is 0.500. The molecule has 1 spiro atoms. The zero-order valence-corrected chi connectivity index (χ0v) is 14.1. The van der Waals surface area contributed by atoms with E-state index in [2.05, 4.69) is 10.3 Å². The second kappa shape index (κ2) is 6.38. The van der Waals surface area contributed by atoms with Crippen molar-refractivity contribution in [3.63, 3.8) is 0 Å². The van der Waals surface area contributed by atoms with Crippen molar-refractivity contribution in [1.29, 1.82) is 0 Å². The third kappa shape index (κ3) is 3.31. The Hall–Kier alpha value is -2.57. The first kappa shape index (κ1) is 15.9. The molecule has 132 valence electrons. The minimum absolute atomic E-state index is 0.145. The zero-order valence-electron chi connectivity index (χ0n) is 14.1. The molecule has 0 radical (unpaired) electrons. The maximum absolute atomic E-state index is 12.6. The Balaban J connectivity index is 1.34. The van der Waals surface area contributed by atoms with Gasteiger partial charge in [-0.1, -0.05) is 6.07 Å². The summed E-state index contributed by atoms with van der Waals surface area (Å²) in [6.07, 6.45) is 7.05. The van der Waals surface area contributed by atoms with Crippen molar-refractivity contribution in [3.8, 4) is 0 Å². The van der Waals surface area contributed by atoms with Crippen LogP contribution < -0.4 is 5.32 Å². The molecular formula is C18H22N4O3. The maximum atomic E-state index is 12.6. The van der Waals surface area contributed by atoms with E-state index in [-0.39, 0.29) is 12.0 Å². The Kier molecular flexibility index (Phi) is 4.07. The number of imidazole rings is 1. The molecule has 2 aliphatic rings. The van der Waals surface area contributed by atoms with Crippen LogP contribution in [-0.2, 0) is 16.0 Å². The number of aromatic nitrogens is 2. The van der Waals surface area contributed by atoms with Crippen LogP contribution in [0.25, 0.3) is 5.65 Å². The normalized spacial score (nSPS) is 23.5. The Bertz CT molecular complexity index is 769. The first-order valence-electron chi connectivity index (χ1n) is 8.81. The first-order chi connectivity index (χ1) is 12.1. The van der Waals surface area contributed by atoms with Crippen molar-refractivity contribution in [2.75, 3.05) is 19.6 Å². The molecule has 2 aliphatic heterocycles. The van der Waals surface area contributed by atoms with Gasteiger partial charge in [-0.05, 0) is 31.4 Å². The number of likely N-dealkylation sites (tertiary alicyclic amines) is 1. The van der Waals surface area contributed by atoms with E-state index >= 15 is 0 Å². The van der Waals surface area contributed by atoms with Gasteiger partial charge < -0.3 is 19.4 Å². The SMILES string of the molecule is O=C1NCC2(CCCN(C(=O)CCc3cn4ccccc4n3)CC2)O1. The van der Waals surface area contributed by atoms with E-state index in [1.165, 1.54) is 0 Å². The molecule has 2 saturated heterocycles. The number of hydrogen-bond acceptors (Lipinski definition) is 4. The number of nitrogens with zero attached hydrogens (tertiary/aromatic N) is 3. The van der Waals surface area contributed by atoms with Gasteiger partial charge in [0.05, 0.1) is 12.2 Å². The van der Waals surface area contributed by atoms with Crippen LogP contribution in [0.5, 0.6) is 0 Å². The van der Waals surface area contributed by atoms with Gasteiger partial charge in [-0.2, -0.15) is 0 Å². The maximum Gasteiger partial charge on any atom is 0.407 e. The van der Waals surface area contributed by atoms with Crippen LogP contribution in [0.3, 0.4) is 0 Å². The van der Waals surface area contributed by atoms with Gasteiger partial charge in [0, 0.05) is 38.3 Å². The molecule has 2 amide bonds. The largest absolute Gasteiger partial charge is 0.441 e. The number of rotatable bonds is 3. The number of nitrogens with one attached hydrogen (secondary N) is 1. The molecule has 0 bridgehead atoms. The summed E-state index contributed by atoms with van der Waals surface area (Å²) in [4.78, 5) is 30.4. The van der Waals surface area contributed by atoms with Gasteiger partial charge >= 0.3 is 6.09 Å². The van der Waals surface area contributed by atoms with Gasteiger partial charge in [0.25, 0.3) is 0 Å². The third-order valence-corrected chi connectivity index (χ3v) is 5.12. The van der Waals surface area contributed by atoms with Crippen LogP contribution in [0.4, 0.5) is 4.79 Å². The zero-order chi connectivity index (χ0) is 17.3. The highest BCUT2D eigenvalue weighted by Crippen LogP contribution is 2.29. The quantitative estimate of drug-likeness (QED) is 0.922. The monoisotopic (exact) mass is 342 g/mol. The molecule has 2 aromatic rings. The Morgan fingerprint density at radius 1 is 1.32 bits per heavy atom. The standard InChI is InChI=1S/C18H22N4O3/c23-16(6-5-14-12-22-9-2-1-4-15(22)20-14)21-10-3-7-18(8-11-21)13-19-17(24)25-18/h1-2,4,9,12H,3,5-8,10-11,13H2,(H,19,24). The smallest absolute Gasteiger partial charge is 0.407 e. The van der Waals surface area contributed by atoms with E-state index in [1.54, 1.807) is 0 Å². The van der Waals surface area contributed by atoms with Gasteiger partial charge in [0.1, 0.15) is 11.2 Å². The van der Waals surface area contributed by atoms with Crippen molar-refractivity contribution in [3.05, 3.63) is 36.3 Å². The van der Waals surface area contributed by atoms with Crippen molar-refractivity contribution in [2.45, 2.75) is 37.7 Å². The Morgan fingerprint density at radius 3 is 3.04 bits per heavy atom. The Labute approximate surface area is 146 Å². The van der Waals surface area contributed by atoms with E-state index < -0.39 is 5.60 Å². The lowest BCUT2D eigenvalue weighted by Crippen LogP contribution is -2.36. The topological polar surface area (TPSA) is 75.9 Å². The fourth-order valence-corrected chi connectivity index (χ4v) is 3.70. The summed E-state index contributed by atoms with van der Waals surface area (Å²) >= 11 is 0. The molecule has 0 aromatic carbocycles. The van der Waals surface area contributed by atoms with Gasteiger partial charge in [-0.25, -0.2) is 9.78 Å². The predicted molar refractivity (Wildman–Crippen MR) is 91.2 cm³/mol. The predicted octanol–water partition coefficient (Wildman–Crippen LogP) is 1.76. The molecule has 2 fully saturated rings. The lowest BCUT2D eigenvalue weighted by Gasteiger charge is -2.25. The molecule has 25 heavy (non-hydrogen) atoms. The summed E-state index contributed by atoms with van der Waals surface area (Å²) in [7, 11) is 0. The second-order valence-corrected chi connectivity index (χ2v) is 6.86. The van der Waals surface area contributed by atoms with Crippen LogP contribution in [0.2, 0.25) is 0 Å². The van der Waals surface area contributed by atoms with Crippen LogP contribution in [0, 0.1) is 0 Å². The molecule has 1 N–H and O–H groups in total. The van der Waals surface area contributed by atoms with Crippen LogP contribution in [0.1, 0.15) is 31.4 Å². The molecule has 1 atom stereocenters. The average Bonchev–Trinajstić information content (AvgIpc) is 3.12. The number of ether oxygens (including phenoxy) is 1. The molecule has 7 nitrogen and oxygen atoms in total. The molecule has 7 heteroatoms. The molecule has 1 unspecified atom stereocenters. The number of alkyl carbamates (subject to hydrolysis) is 1. The van der Waals surface area contributed by atoms with Crippen LogP contribution in [-0.4, -0.2) is 51.5 Å². The van der Waals surface area contributed by atoms with Gasteiger partial charge in [0.15, 0.2) is 0 Å². The summed E-state index contributed by atoms with van der Waals surface area (Å²) in [5, 5.41) is 2.74. The molecular weight excluding hydrogens is 320 g/mol. The number of fused-ring (bicyclic) bond motifs is 1. The highest BCUT2D eigenvalue weighted by molar-refractivity contribution is 5.76. The summed E-state index contributed by atoms with van der Waals surface area (Å²) in [5.74, 6) is 0.145. The van der Waals surface area contributed by atoms with E-state index in [0.29, 0.717) is 32.4 Å². The number of carbonyl (C=O) groups excluding carboxylic acids is 2. The molecule has 4 rings (SSSR count). The molecule has 2 aromatic heterocycles. The lowest BCUT2D eigenvalue weighted by atomic mass is 9.95. The second-order valence-electron chi connectivity index (χ2n) is 6.86. The average molecular weight is 342 g/mol. The molecule has 0 aliphatic carbocycles. The van der Waals surface area contributed by atoms with Crippen molar-refractivity contribution >= 4 is 17.6 Å². The van der Waals surface area contributed by atoms with E-state index in [0.717, 1.165) is 30.7 Å². The fourth-order valence-electron chi connectivity index (χ4n) is 3.70. The third-order valence-electron chi connectivity index (χ3n) is 5.12. The Morgan fingerprint density at radius 2 is 2.24 bits per heavy atom. The summed E-state index contributed by atoms with van der Waals surface area (Å²) in [5.41, 5.74) is 1.41. The molecule has 0 saturated carbocycles. The number of pyridine rings is 1. The molecule has 4 heterocycles. The van der Waals surface area contributed by atoms with E-state index in [1.807, 2.05) is 39.9 Å². The summed E-state index contributed by atoms with van der Waals surface area (Å²) in [6, 6.07) is 5.87. The van der Waals surface area contributed by atoms with Gasteiger partial charge in [-0.15, -0.1) is 0 Å². The number of amides is 2. The first-order valence-corrected chi connectivity index (χ1v) is 8.81.